The van der Waals surface area contributed by atoms with Crippen LogP contribution in [0.5, 0.6) is 5.75 Å². The maximum absolute atomic E-state index is 13.2. The first-order valence-electron chi connectivity index (χ1n) is 9.97. The molecule has 158 valence electrons. The lowest BCUT2D eigenvalue weighted by Crippen LogP contribution is -2.48. The highest BCUT2D eigenvalue weighted by atomic mass is 35.5. The fourth-order valence-electron chi connectivity index (χ4n) is 3.69. The molecule has 3 aromatic rings. The molecule has 6 nitrogen and oxygen atoms in total. The number of rotatable bonds is 5. The van der Waals surface area contributed by atoms with E-state index >= 15 is 0 Å². The number of halogens is 1. The van der Waals surface area contributed by atoms with Gasteiger partial charge in [-0.3, -0.25) is 4.79 Å². The molecule has 1 aromatic heterocycles. The first-order valence-corrected chi connectivity index (χ1v) is 9.97. The summed E-state index contributed by atoms with van der Waals surface area (Å²) in [5.74, 6) is 1.07. The fourth-order valence-corrected chi connectivity index (χ4v) is 3.69. The van der Waals surface area contributed by atoms with Crippen molar-refractivity contribution in [1.29, 1.82) is 0 Å². The van der Waals surface area contributed by atoms with Gasteiger partial charge in [0.2, 0.25) is 0 Å². The van der Waals surface area contributed by atoms with Gasteiger partial charge in [-0.15, -0.1) is 12.4 Å². The first-order chi connectivity index (χ1) is 14.2. The van der Waals surface area contributed by atoms with Crippen molar-refractivity contribution in [2.45, 2.75) is 19.4 Å². The van der Waals surface area contributed by atoms with Crippen LogP contribution in [0.25, 0.3) is 16.9 Å². The van der Waals surface area contributed by atoms with Crippen LogP contribution in [0.15, 0.2) is 60.8 Å². The maximum Gasteiger partial charge on any atom is 0.255 e. The third-order valence-electron chi connectivity index (χ3n) is 5.44. The Hall–Kier alpha value is -2.83. The van der Waals surface area contributed by atoms with E-state index in [0.717, 1.165) is 36.5 Å². The van der Waals surface area contributed by atoms with Crippen molar-refractivity contribution in [3.63, 3.8) is 0 Å². The fraction of sp³-hybridized carbons (Fsp3) is 0.304. The molecule has 1 aliphatic heterocycles. The lowest BCUT2D eigenvalue weighted by Gasteiger charge is -2.30. The molecule has 0 saturated carbocycles. The average molecular weight is 427 g/mol. The van der Waals surface area contributed by atoms with Gasteiger partial charge in [-0.05, 0) is 61.8 Å². The Kier molecular flexibility index (Phi) is 7.13. The standard InChI is InChI=1S/C23H26N4O2.ClH/c1-16-14-24-13-12-21(16)25-23(28)20-15-27(18-6-4-3-5-7-18)26-22(20)17-8-10-19(29-2)11-9-17;/h3-11,15-16,21,24H,12-14H2,1-2H3,(H,25,28);1H. The summed E-state index contributed by atoms with van der Waals surface area (Å²) in [6.45, 7) is 4.00. The molecular formula is C23H27ClN4O2. The van der Waals surface area contributed by atoms with E-state index in [-0.39, 0.29) is 24.4 Å². The lowest BCUT2D eigenvalue weighted by molar-refractivity contribution is 0.0915. The number of ether oxygens (including phenoxy) is 1. The predicted molar refractivity (Wildman–Crippen MR) is 121 cm³/mol. The minimum absolute atomic E-state index is 0. The number of carbonyl (C=O) groups excluding carboxylic acids is 1. The average Bonchev–Trinajstić information content (AvgIpc) is 3.22. The monoisotopic (exact) mass is 426 g/mol. The summed E-state index contributed by atoms with van der Waals surface area (Å²) in [6, 6.07) is 17.6. The molecule has 30 heavy (non-hydrogen) atoms. The van der Waals surface area contributed by atoms with Crippen molar-refractivity contribution in [3.05, 3.63) is 66.4 Å². The van der Waals surface area contributed by atoms with Gasteiger partial charge in [0.05, 0.1) is 18.4 Å². The summed E-state index contributed by atoms with van der Waals surface area (Å²) in [5, 5.41) is 11.3. The minimum Gasteiger partial charge on any atom is -0.497 e. The summed E-state index contributed by atoms with van der Waals surface area (Å²) >= 11 is 0. The van der Waals surface area contributed by atoms with E-state index in [4.69, 9.17) is 9.84 Å². The SMILES string of the molecule is COc1ccc(-c2nn(-c3ccccc3)cc2C(=O)NC2CCNCC2C)cc1.Cl. The second-order valence-corrected chi connectivity index (χ2v) is 7.45. The number of carbonyl (C=O) groups is 1. The van der Waals surface area contributed by atoms with Gasteiger partial charge in [0, 0.05) is 17.8 Å². The number of amides is 1. The molecule has 2 aromatic carbocycles. The van der Waals surface area contributed by atoms with Gasteiger partial charge in [-0.1, -0.05) is 25.1 Å². The van der Waals surface area contributed by atoms with Crippen LogP contribution in [-0.2, 0) is 0 Å². The molecule has 2 atom stereocenters. The van der Waals surface area contributed by atoms with Crippen LogP contribution in [0.3, 0.4) is 0 Å². The van der Waals surface area contributed by atoms with Crippen LogP contribution in [0.1, 0.15) is 23.7 Å². The van der Waals surface area contributed by atoms with E-state index in [0.29, 0.717) is 17.2 Å². The summed E-state index contributed by atoms with van der Waals surface area (Å²) in [4.78, 5) is 13.2. The predicted octanol–water partition coefficient (Wildman–Crippen LogP) is 3.70. The molecule has 7 heteroatoms. The summed E-state index contributed by atoms with van der Waals surface area (Å²) in [5.41, 5.74) is 3.03. The van der Waals surface area contributed by atoms with Crippen LogP contribution in [-0.4, -0.2) is 41.9 Å². The Balaban J connectivity index is 0.00000256. The number of aromatic nitrogens is 2. The molecule has 2 N–H and O–H groups in total. The number of para-hydroxylation sites is 1. The molecule has 0 spiro atoms. The zero-order chi connectivity index (χ0) is 20.2. The van der Waals surface area contributed by atoms with E-state index in [1.165, 1.54) is 0 Å². The Morgan fingerprint density at radius 3 is 2.57 bits per heavy atom. The quantitative estimate of drug-likeness (QED) is 0.652. The van der Waals surface area contributed by atoms with E-state index in [1.807, 2.05) is 60.8 Å². The Bertz CT molecular complexity index is 973. The molecular weight excluding hydrogens is 400 g/mol. The highest BCUT2D eigenvalue weighted by Crippen LogP contribution is 2.26. The topological polar surface area (TPSA) is 68.2 Å². The normalized spacial score (nSPS) is 18.3. The van der Waals surface area contributed by atoms with Crippen LogP contribution < -0.4 is 15.4 Å². The molecule has 1 amide bonds. The highest BCUT2D eigenvalue weighted by molar-refractivity contribution is 6.00. The van der Waals surface area contributed by atoms with E-state index in [9.17, 15) is 4.79 Å². The largest absolute Gasteiger partial charge is 0.497 e. The molecule has 0 radical (unpaired) electrons. The molecule has 2 unspecified atom stereocenters. The third kappa shape index (κ3) is 4.66. The van der Waals surface area contributed by atoms with Crippen molar-refractivity contribution in [1.82, 2.24) is 20.4 Å². The zero-order valence-corrected chi connectivity index (χ0v) is 18.0. The van der Waals surface area contributed by atoms with E-state index < -0.39 is 0 Å². The van der Waals surface area contributed by atoms with Gasteiger partial charge in [0.1, 0.15) is 11.4 Å². The molecule has 1 saturated heterocycles. The number of nitrogens with one attached hydrogen (secondary N) is 2. The number of hydrogen-bond donors (Lipinski definition) is 2. The number of piperidine rings is 1. The van der Waals surface area contributed by atoms with Crippen LogP contribution in [0.2, 0.25) is 0 Å². The summed E-state index contributed by atoms with van der Waals surface area (Å²) < 4.78 is 7.02. The third-order valence-corrected chi connectivity index (χ3v) is 5.44. The van der Waals surface area contributed by atoms with Crippen molar-refractivity contribution >= 4 is 18.3 Å². The summed E-state index contributed by atoms with van der Waals surface area (Å²) in [7, 11) is 1.64. The van der Waals surface area contributed by atoms with Crippen LogP contribution >= 0.6 is 12.4 Å². The Morgan fingerprint density at radius 2 is 1.90 bits per heavy atom. The Morgan fingerprint density at radius 1 is 1.17 bits per heavy atom. The zero-order valence-electron chi connectivity index (χ0n) is 17.2. The smallest absolute Gasteiger partial charge is 0.255 e. The van der Waals surface area contributed by atoms with Gasteiger partial charge < -0.3 is 15.4 Å². The molecule has 0 bridgehead atoms. The van der Waals surface area contributed by atoms with Gasteiger partial charge in [0.25, 0.3) is 5.91 Å². The molecule has 0 aliphatic carbocycles. The van der Waals surface area contributed by atoms with Gasteiger partial charge in [-0.2, -0.15) is 5.10 Å². The van der Waals surface area contributed by atoms with Gasteiger partial charge in [0.15, 0.2) is 0 Å². The second-order valence-electron chi connectivity index (χ2n) is 7.45. The van der Waals surface area contributed by atoms with Crippen LogP contribution in [0.4, 0.5) is 0 Å². The van der Waals surface area contributed by atoms with Crippen LogP contribution in [0, 0.1) is 5.92 Å². The molecule has 4 rings (SSSR count). The maximum atomic E-state index is 13.2. The number of methoxy groups -OCH3 is 1. The van der Waals surface area contributed by atoms with Gasteiger partial charge in [-0.25, -0.2) is 4.68 Å². The van der Waals surface area contributed by atoms with E-state index in [1.54, 1.807) is 11.8 Å². The molecule has 1 fully saturated rings. The summed E-state index contributed by atoms with van der Waals surface area (Å²) in [6.07, 6.45) is 2.74. The van der Waals surface area contributed by atoms with Crippen molar-refractivity contribution in [2.75, 3.05) is 20.2 Å². The van der Waals surface area contributed by atoms with Crippen molar-refractivity contribution in [2.24, 2.45) is 5.92 Å². The minimum atomic E-state index is -0.0863. The van der Waals surface area contributed by atoms with Gasteiger partial charge >= 0.3 is 0 Å². The lowest BCUT2D eigenvalue weighted by atomic mass is 9.95. The molecule has 2 heterocycles. The van der Waals surface area contributed by atoms with Crippen molar-refractivity contribution in [3.8, 4) is 22.7 Å². The molecule has 1 aliphatic rings. The first kappa shape index (κ1) is 21.9. The van der Waals surface area contributed by atoms with Crippen molar-refractivity contribution < 1.29 is 9.53 Å². The number of nitrogens with zero attached hydrogens (tertiary/aromatic N) is 2. The van der Waals surface area contributed by atoms with E-state index in [2.05, 4.69) is 17.6 Å². The Labute approximate surface area is 183 Å². The second kappa shape index (κ2) is 9.78. The number of benzene rings is 2. The number of hydrogen-bond acceptors (Lipinski definition) is 4. The highest BCUT2D eigenvalue weighted by Gasteiger charge is 2.26.